The lowest BCUT2D eigenvalue weighted by molar-refractivity contribution is 0.202. The fourth-order valence-electron chi connectivity index (χ4n) is 3.53. The molecule has 0 aliphatic heterocycles. The molecule has 0 bridgehead atoms. The van der Waals surface area contributed by atoms with Crippen LogP contribution in [0.25, 0.3) is 0 Å². The highest BCUT2D eigenvalue weighted by molar-refractivity contribution is 5.03. The van der Waals surface area contributed by atoms with Crippen molar-refractivity contribution in [3.63, 3.8) is 0 Å². The average Bonchev–Trinajstić information content (AvgIpc) is 2.84. The van der Waals surface area contributed by atoms with Crippen molar-refractivity contribution in [3.05, 3.63) is 0 Å². The van der Waals surface area contributed by atoms with E-state index in [1.54, 1.807) is 12.8 Å². The van der Waals surface area contributed by atoms with Crippen LogP contribution in [0.5, 0.6) is 0 Å². The number of hydrogen-bond acceptors (Lipinski definition) is 0. The standard InChI is InChI=1S/C15H28/c1-11(2)5-6-12(3)13-7-8-15(4)10-14(15)9-13/h11-14H,5-10H2,1-4H3. The molecule has 0 saturated heterocycles. The highest BCUT2D eigenvalue weighted by Crippen LogP contribution is 2.63. The molecule has 0 heterocycles. The molecule has 2 fully saturated rings. The zero-order valence-corrected chi connectivity index (χ0v) is 11.1. The summed E-state index contributed by atoms with van der Waals surface area (Å²) in [6.45, 7) is 9.71. The fraction of sp³-hybridized carbons (Fsp3) is 1.00. The lowest BCUT2D eigenvalue weighted by Gasteiger charge is -2.30. The van der Waals surface area contributed by atoms with Crippen molar-refractivity contribution in [1.29, 1.82) is 0 Å². The predicted octanol–water partition coefficient (Wildman–Crippen LogP) is 4.89. The van der Waals surface area contributed by atoms with Gasteiger partial charge < -0.3 is 0 Å². The van der Waals surface area contributed by atoms with E-state index in [1.807, 2.05) is 0 Å². The molecule has 0 aromatic carbocycles. The van der Waals surface area contributed by atoms with Gasteiger partial charge in [0.25, 0.3) is 0 Å². The van der Waals surface area contributed by atoms with Crippen LogP contribution in [0.3, 0.4) is 0 Å². The molecular formula is C15H28. The Morgan fingerprint density at radius 1 is 1.20 bits per heavy atom. The second-order valence-electron chi connectivity index (χ2n) is 7.04. The van der Waals surface area contributed by atoms with Crippen molar-refractivity contribution in [3.8, 4) is 0 Å². The van der Waals surface area contributed by atoms with Gasteiger partial charge in [-0.15, -0.1) is 0 Å². The van der Waals surface area contributed by atoms with Gasteiger partial charge in [-0.05, 0) is 54.8 Å². The predicted molar refractivity (Wildman–Crippen MR) is 66.8 cm³/mol. The van der Waals surface area contributed by atoms with Gasteiger partial charge in [0.05, 0.1) is 0 Å². The van der Waals surface area contributed by atoms with Crippen LogP contribution in [0.4, 0.5) is 0 Å². The number of rotatable bonds is 4. The van der Waals surface area contributed by atoms with Crippen LogP contribution in [0.1, 0.15) is 66.2 Å². The average molecular weight is 208 g/mol. The van der Waals surface area contributed by atoms with Crippen LogP contribution in [-0.2, 0) is 0 Å². The summed E-state index contributed by atoms with van der Waals surface area (Å²) < 4.78 is 0. The molecular weight excluding hydrogens is 180 g/mol. The van der Waals surface area contributed by atoms with Crippen molar-refractivity contribution >= 4 is 0 Å². The highest BCUT2D eigenvalue weighted by atomic mass is 14.6. The van der Waals surface area contributed by atoms with Crippen molar-refractivity contribution in [2.45, 2.75) is 66.2 Å². The maximum Gasteiger partial charge on any atom is -0.0294 e. The summed E-state index contributed by atoms with van der Waals surface area (Å²) in [6.07, 6.45) is 9.03. The molecule has 2 saturated carbocycles. The molecule has 0 N–H and O–H groups in total. The number of hydrogen-bond donors (Lipinski definition) is 0. The Morgan fingerprint density at radius 3 is 2.53 bits per heavy atom. The molecule has 0 heteroatoms. The van der Waals surface area contributed by atoms with Crippen LogP contribution in [0.2, 0.25) is 0 Å². The lowest BCUT2D eigenvalue weighted by atomic mass is 9.75. The van der Waals surface area contributed by atoms with E-state index in [1.165, 1.54) is 25.7 Å². The zero-order valence-electron chi connectivity index (χ0n) is 11.1. The first-order chi connectivity index (χ1) is 7.01. The summed E-state index contributed by atoms with van der Waals surface area (Å²) in [5, 5.41) is 0. The van der Waals surface area contributed by atoms with E-state index in [9.17, 15) is 0 Å². The fourth-order valence-corrected chi connectivity index (χ4v) is 3.53. The van der Waals surface area contributed by atoms with E-state index in [2.05, 4.69) is 27.7 Å². The van der Waals surface area contributed by atoms with Crippen LogP contribution in [0, 0.1) is 29.1 Å². The summed E-state index contributed by atoms with van der Waals surface area (Å²) in [4.78, 5) is 0. The van der Waals surface area contributed by atoms with Gasteiger partial charge in [0.1, 0.15) is 0 Å². The molecule has 88 valence electrons. The summed E-state index contributed by atoms with van der Waals surface area (Å²) >= 11 is 0. The first-order valence-corrected chi connectivity index (χ1v) is 7.01. The van der Waals surface area contributed by atoms with Gasteiger partial charge in [-0.2, -0.15) is 0 Å². The van der Waals surface area contributed by atoms with E-state index >= 15 is 0 Å². The zero-order chi connectivity index (χ0) is 11.1. The minimum absolute atomic E-state index is 0.800. The molecule has 0 aromatic heterocycles. The third kappa shape index (κ3) is 2.57. The molecule has 0 radical (unpaired) electrons. The molecule has 0 aromatic rings. The Morgan fingerprint density at radius 2 is 1.93 bits per heavy atom. The summed E-state index contributed by atoms with van der Waals surface area (Å²) in [5.74, 6) is 4.04. The molecule has 4 unspecified atom stereocenters. The first kappa shape index (κ1) is 11.5. The maximum absolute atomic E-state index is 2.51. The van der Waals surface area contributed by atoms with E-state index in [4.69, 9.17) is 0 Å². The SMILES string of the molecule is CC(C)CCC(C)C1CCC2(C)CC2C1. The van der Waals surface area contributed by atoms with Gasteiger partial charge in [-0.25, -0.2) is 0 Å². The Kier molecular flexibility index (Phi) is 3.14. The Balaban J connectivity index is 1.75. The summed E-state index contributed by atoms with van der Waals surface area (Å²) in [5.41, 5.74) is 0.800. The quantitative estimate of drug-likeness (QED) is 0.617. The molecule has 15 heavy (non-hydrogen) atoms. The van der Waals surface area contributed by atoms with E-state index in [-0.39, 0.29) is 0 Å². The molecule has 0 amide bonds. The topological polar surface area (TPSA) is 0 Å². The Labute approximate surface area is 95.8 Å². The third-order valence-electron chi connectivity index (χ3n) is 5.22. The molecule has 2 aliphatic rings. The van der Waals surface area contributed by atoms with Gasteiger partial charge in [-0.1, -0.05) is 40.5 Å². The summed E-state index contributed by atoms with van der Waals surface area (Å²) in [6, 6.07) is 0. The monoisotopic (exact) mass is 208 g/mol. The normalized spacial score (nSPS) is 41.4. The van der Waals surface area contributed by atoms with Crippen LogP contribution in [0.15, 0.2) is 0 Å². The third-order valence-corrected chi connectivity index (χ3v) is 5.22. The first-order valence-electron chi connectivity index (χ1n) is 7.01. The summed E-state index contributed by atoms with van der Waals surface area (Å²) in [7, 11) is 0. The van der Waals surface area contributed by atoms with Crippen molar-refractivity contribution in [1.82, 2.24) is 0 Å². The Bertz CT molecular complexity index is 218. The van der Waals surface area contributed by atoms with Gasteiger partial charge >= 0.3 is 0 Å². The molecule has 4 atom stereocenters. The van der Waals surface area contributed by atoms with Crippen LogP contribution >= 0.6 is 0 Å². The minimum atomic E-state index is 0.800. The van der Waals surface area contributed by atoms with Crippen LogP contribution in [-0.4, -0.2) is 0 Å². The Hall–Kier alpha value is 0. The highest BCUT2D eigenvalue weighted by Gasteiger charge is 2.53. The van der Waals surface area contributed by atoms with Gasteiger partial charge in [0, 0.05) is 0 Å². The largest absolute Gasteiger partial charge is 0.0628 e. The second-order valence-corrected chi connectivity index (χ2v) is 7.04. The number of fused-ring (bicyclic) bond motifs is 1. The second kappa shape index (κ2) is 4.11. The van der Waals surface area contributed by atoms with Gasteiger partial charge in [-0.3, -0.25) is 0 Å². The van der Waals surface area contributed by atoms with E-state index in [0.717, 1.165) is 29.1 Å². The lowest BCUT2D eigenvalue weighted by Crippen LogP contribution is -2.20. The van der Waals surface area contributed by atoms with E-state index in [0.29, 0.717) is 0 Å². The van der Waals surface area contributed by atoms with Crippen molar-refractivity contribution in [2.24, 2.45) is 29.1 Å². The van der Waals surface area contributed by atoms with Crippen molar-refractivity contribution < 1.29 is 0 Å². The van der Waals surface area contributed by atoms with E-state index < -0.39 is 0 Å². The smallest absolute Gasteiger partial charge is 0.0294 e. The molecule has 2 aliphatic carbocycles. The molecule has 0 nitrogen and oxygen atoms in total. The van der Waals surface area contributed by atoms with Crippen LogP contribution < -0.4 is 0 Å². The van der Waals surface area contributed by atoms with Crippen molar-refractivity contribution in [2.75, 3.05) is 0 Å². The minimum Gasteiger partial charge on any atom is -0.0628 e. The molecule has 2 rings (SSSR count). The maximum atomic E-state index is 2.51. The van der Waals surface area contributed by atoms with Gasteiger partial charge in [0.2, 0.25) is 0 Å². The molecule has 0 spiro atoms. The van der Waals surface area contributed by atoms with Gasteiger partial charge in [0.15, 0.2) is 0 Å².